The third-order valence-electron chi connectivity index (χ3n) is 4.81. The van der Waals surface area contributed by atoms with Gasteiger partial charge in [-0.1, -0.05) is 26.3 Å². The highest BCUT2D eigenvalue weighted by atomic mass is 32.2. The van der Waals surface area contributed by atoms with Gasteiger partial charge in [-0.25, -0.2) is 13.4 Å². The van der Waals surface area contributed by atoms with E-state index in [1.54, 1.807) is 40.8 Å². The van der Waals surface area contributed by atoms with Gasteiger partial charge in [-0.2, -0.15) is 4.31 Å². The van der Waals surface area contributed by atoms with Gasteiger partial charge in [0.2, 0.25) is 15.9 Å². The van der Waals surface area contributed by atoms with Crippen LogP contribution < -0.4 is 5.32 Å². The number of aromatic nitrogens is 1. The molecule has 0 aliphatic carbocycles. The number of hydrogen-bond donors (Lipinski definition) is 1. The predicted octanol–water partition coefficient (Wildman–Crippen LogP) is 3.93. The van der Waals surface area contributed by atoms with Crippen molar-refractivity contribution in [3.8, 4) is 0 Å². The fraction of sp³-hybridized carbons (Fsp3) is 0.500. The summed E-state index contributed by atoms with van der Waals surface area (Å²) in [4.78, 5) is 17.1. The van der Waals surface area contributed by atoms with Crippen LogP contribution in [0.3, 0.4) is 0 Å². The molecule has 1 fully saturated rings. The molecule has 6 nitrogen and oxygen atoms in total. The first-order chi connectivity index (χ1) is 13.3. The van der Waals surface area contributed by atoms with E-state index in [-0.39, 0.29) is 17.2 Å². The van der Waals surface area contributed by atoms with Gasteiger partial charge in [-0.3, -0.25) is 4.79 Å². The third-order valence-corrected chi connectivity index (χ3v) is 8.04. The van der Waals surface area contributed by atoms with Crippen molar-refractivity contribution in [3.63, 3.8) is 0 Å². The van der Waals surface area contributed by atoms with Crippen LogP contribution in [-0.2, 0) is 21.2 Å². The van der Waals surface area contributed by atoms with Crippen molar-refractivity contribution in [1.29, 1.82) is 0 Å². The summed E-state index contributed by atoms with van der Waals surface area (Å²) in [5.41, 5.74) is 1.91. The molecule has 0 atom stereocenters. The largest absolute Gasteiger partial charge is 0.326 e. The minimum atomic E-state index is -3.54. The SMILES string of the molecule is Cc1ccc(NC(=O)Cc2csc(C(C)C)n2)cc1S(=O)(=O)N1CCCCC1. The van der Waals surface area contributed by atoms with E-state index < -0.39 is 10.0 Å². The Morgan fingerprint density at radius 1 is 1.25 bits per heavy atom. The zero-order valence-corrected chi connectivity index (χ0v) is 18.2. The molecule has 0 unspecified atom stereocenters. The molecule has 1 saturated heterocycles. The third kappa shape index (κ3) is 4.79. The van der Waals surface area contributed by atoms with Crippen LogP contribution in [0.4, 0.5) is 5.69 Å². The Balaban J connectivity index is 1.74. The van der Waals surface area contributed by atoms with Crippen LogP contribution in [0.15, 0.2) is 28.5 Å². The number of amides is 1. The number of nitrogens with one attached hydrogen (secondary N) is 1. The van der Waals surface area contributed by atoms with Crippen molar-refractivity contribution < 1.29 is 13.2 Å². The number of sulfonamides is 1. The molecule has 1 N–H and O–H groups in total. The number of benzene rings is 1. The van der Waals surface area contributed by atoms with Crippen LogP contribution in [0.5, 0.6) is 0 Å². The number of aryl methyl sites for hydroxylation is 1. The molecule has 2 heterocycles. The lowest BCUT2D eigenvalue weighted by Crippen LogP contribution is -2.36. The molecule has 3 rings (SSSR count). The number of piperidine rings is 1. The van der Waals surface area contributed by atoms with Gasteiger partial charge in [0.1, 0.15) is 0 Å². The monoisotopic (exact) mass is 421 g/mol. The Morgan fingerprint density at radius 3 is 2.61 bits per heavy atom. The minimum Gasteiger partial charge on any atom is -0.326 e. The van der Waals surface area contributed by atoms with Crippen LogP contribution in [-0.4, -0.2) is 36.7 Å². The molecule has 28 heavy (non-hydrogen) atoms. The molecule has 1 aliphatic rings. The number of carbonyl (C=O) groups is 1. The van der Waals surface area contributed by atoms with Crippen molar-refractivity contribution in [2.24, 2.45) is 0 Å². The summed E-state index contributed by atoms with van der Waals surface area (Å²) < 4.78 is 27.6. The second-order valence-electron chi connectivity index (χ2n) is 7.50. The molecular weight excluding hydrogens is 394 g/mol. The van der Waals surface area contributed by atoms with Gasteiger partial charge in [-0.15, -0.1) is 11.3 Å². The molecule has 0 spiro atoms. The van der Waals surface area contributed by atoms with Gasteiger partial charge in [0.25, 0.3) is 0 Å². The Bertz CT molecular complexity index is 945. The van der Waals surface area contributed by atoms with Crippen molar-refractivity contribution in [1.82, 2.24) is 9.29 Å². The average Bonchev–Trinajstić information content (AvgIpc) is 3.12. The van der Waals surface area contributed by atoms with Crippen LogP contribution in [0.1, 0.15) is 55.3 Å². The highest BCUT2D eigenvalue weighted by molar-refractivity contribution is 7.89. The maximum Gasteiger partial charge on any atom is 0.243 e. The summed E-state index contributed by atoms with van der Waals surface area (Å²) in [6, 6.07) is 5.05. The van der Waals surface area contributed by atoms with Gasteiger partial charge in [0, 0.05) is 30.1 Å². The summed E-state index contributed by atoms with van der Waals surface area (Å²) in [5.74, 6) is 0.132. The second-order valence-corrected chi connectivity index (χ2v) is 10.3. The summed E-state index contributed by atoms with van der Waals surface area (Å²) in [6.45, 7) is 7.03. The maximum atomic E-state index is 13.0. The first-order valence-corrected chi connectivity index (χ1v) is 11.9. The van der Waals surface area contributed by atoms with Crippen molar-refractivity contribution >= 4 is 33.0 Å². The fourth-order valence-electron chi connectivity index (χ4n) is 3.24. The summed E-state index contributed by atoms with van der Waals surface area (Å²) >= 11 is 1.55. The zero-order chi connectivity index (χ0) is 20.3. The number of rotatable bonds is 6. The first-order valence-electron chi connectivity index (χ1n) is 9.62. The van der Waals surface area contributed by atoms with Gasteiger partial charge in [0.05, 0.1) is 22.0 Å². The molecule has 2 aromatic rings. The second kappa shape index (κ2) is 8.71. The molecule has 1 aromatic heterocycles. The predicted molar refractivity (Wildman–Crippen MR) is 112 cm³/mol. The van der Waals surface area contributed by atoms with Gasteiger partial charge >= 0.3 is 0 Å². The molecule has 0 radical (unpaired) electrons. The Morgan fingerprint density at radius 2 is 1.96 bits per heavy atom. The van der Waals surface area contributed by atoms with Crippen molar-refractivity contribution in [2.45, 2.75) is 57.3 Å². The smallest absolute Gasteiger partial charge is 0.243 e. The topological polar surface area (TPSA) is 79.4 Å². The molecule has 0 saturated carbocycles. The number of nitrogens with zero attached hydrogens (tertiary/aromatic N) is 2. The zero-order valence-electron chi connectivity index (χ0n) is 16.6. The fourth-order valence-corrected chi connectivity index (χ4v) is 5.84. The summed E-state index contributed by atoms with van der Waals surface area (Å²) in [5, 5.41) is 5.72. The van der Waals surface area contributed by atoms with E-state index in [0.29, 0.717) is 30.3 Å². The summed E-state index contributed by atoms with van der Waals surface area (Å²) in [6.07, 6.45) is 3.02. The highest BCUT2D eigenvalue weighted by Gasteiger charge is 2.27. The van der Waals surface area contributed by atoms with Crippen molar-refractivity contribution in [2.75, 3.05) is 18.4 Å². The quantitative estimate of drug-likeness (QED) is 0.766. The van der Waals surface area contributed by atoms with Crippen LogP contribution in [0.25, 0.3) is 0 Å². The Kier molecular flexibility index (Phi) is 6.52. The van der Waals surface area contributed by atoms with Crippen molar-refractivity contribution in [3.05, 3.63) is 39.8 Å². The molecule has 1 aromatic carbocycles. The minimum absolute atomic E-state index is 0.172. The molecule has 8 heteroatoms. The lowest BCUT2D eigenvalue weighted by Gasteiger charge is -2.26. The molecule has 1 aliphatic heterocycles. The van der Waals surface area contributed by atoms with Gasteiger partial charge in [0.15, 0.2) is 0 Å². The standard InChI is InChI=1S/C20H27N3O3S2/c1-14(2)20-22-17(13-27-20)12-19(24)21-16-8-7-15(3)18(11-16)28(25,26)23-9-5-4-6-10-23/h7-8,11,13-14H,4-6,9-10,12H2,1-3H3,(H,21,24). The first kappa shape index (κ1) is 21.0. The van der Waals surface area contributed by atoms with Crippen LogP contribution >= 0.6 is 11.3 Å². The highest BCUT2D eigenvalue weighted by Crippen LogP contribution is 2.26. The number of hydrogen-bond acceptors (Lipinski definition) is 5. The molecule has 152 valence electrons. The number of carbonyl (C=O) groups excluding carboxylic acids is 1. The average molecular weight is 422 g/mol. The van der Waals surface area contributed by atoms with E-state index >= 15 is 0 Å². The maximum absolute atomic E-state index is 13.0. The van der Waals surface area contributed by atoms with E-state index in [9.17, 15) is 13.2 Å². The Hall–Kier alpha value is -1.77. The van der Waals surface area contributed by atoms with E-state index in [2.05, 4.69) is 24.1 Å². The molecule has 0 bridgehead atoms. The number of anilines is 1. The molecule has 1 amide bonds. The van der Waals surface area contributed by atoms with E-state index in [1.807, 2.05) is 5.38 Å². The lowest BCUT2D eigenvalue weighted by atomic mass is 10.2. The van der Waals surface area contributed by atoms with E-state index in [4.69, 9.17) is 0 Å². The van der Waals surface area contributed by atoms with Crippen LogP contribution in [0.2, 0.25) is 0 Å². The normalized spacial score (nSPS) is 15.7. The van der Waals surface area contributed by atoms with E-state index in [0.717, 1.165) is 30.0 Å². The van der Waals surface area contributed by atoms with Crippen LogP contribution in [0, 0.1) is 6.92 Å². The lowest BCUT2D eigenvalue weighted by molar-refractivity contribution is -0.115. The number of thiazole rings is 1. The Labute approximate surface area is 171 Å². The van der Waals surface area contributed by atoms with Gasteiger partial charge in [-0.05, 0) is 37.5 Å². The van der Waals surface area contributed by atoms with Gasteiger partial charge < -0.3 is 5.32 Å². The summed E-state index contributed by atoms with van der Waals surface area (Å²) in [7, 11) is -3.54. The van der Waals surface area contributed by atoms with E-state index in [1.165, 1.54) is 0 Å². The molecular formula is C20H27N3O3S2.